The predicted octanol–water partition coefficient (Wildman–Crippen LogP) is 2.66. The summed E-state index contributed by atoms with van der Waals surface area (Å²) in [6.45, 7) is 10.2. The minimum Gasteiger partial charge on any atom is -0.493 e. The molecule has 4 heteroatoms. The first-order valence-electron chi connectivity index (χ1n) is 8.03. The van der Waals surface area contributed by atoms with Gasteiger partial charge in [0.2, 0.25) is 5.91 Å². The minimum atomic E-state index is -0.0120. The number of aryl methyl sites for hydroxylation is 2. The maximum absolute atomic E-state index is 12.3. The third kappa shape index (κ3) is 4.01. The smallest absolute Gasteiger partial charge is 0.226 e. The van der Waals surface area contributed by atoms with E-state index in [-0.39, 0.29) is 17.4 Å². The Kier molecular flexibility index (Phi) is 5.12. The number of amides is 1. The second-order valence-corrected chi connectivity index (χ2v) is 7.07. The van der Waals surface area contributed by atoms with Gasteiger partial charge in [-0.15, -0.1) is 0 Å². The van der Waals surface area contributed by atoms with Crippen molar-refractivity contribution in [2.24, 2.45) is 11.1 Å². The molecule has 1 heterocycles. The number of ether oxygens (including phenoxy) is 1. The normalized spacial score (nSPS) is 20.8. The van der Waals surface area contributed by atoms with E-state index in [1.807, 2.05) is 30.9 Å². The van der Waals surface area contributed by atoms with Gasteiger partial charge in [-0.2, -0.15) is 0 Å². The molecule has 1 atom stereocenters. The lowest BCUT2D eigenvalue weighted by Crippen LogP contribution is -2.54. The molecule has 1 fully saturated rings. The highest BCUT2D eigenvalue weighted by molar-refractivity contribution is 5.76. The zero-order valence-electron chi connectivity index (χ0n) is 14.2. The number of hydrogen-bond donors (Lipinski definition) is 1. The van der Waals surface area contributed by atoms with Crippen LogP contribution in [-0.4, -0.2) is 36.5 Å². The number of rotatable bonds is 4. The van der Waals surface area contributed by atoms with Crippen LogP contribution in [0.5, 0.6) is 5.75 Å². The molecule has 0 aliphatic carbocycles. The molecule has 1 aliphatic heterocycles. The number of carbonyl (C=O) groups is 1. The SMILES string of the molecule is Cc1ccc(C)c(OCCC(=O)N2CCC(N)C(C)(C)C2)c1. The van der Waals surface area contributed by atoms with Crippen LogP contribution in [-0.2, 0) is 4.79 Å². The fraction of sp³-hybridized carbons (Fsp3) is 0.611. The van der Waals surface area contributed by atoms with E-state index in [2.05, 4.69) is 19.9 Å². The zero-order valence-corrected chi connectivity index (χ0v) is 14.2. The summed E-state index contributed by atoms with van der Waals surface area (Å²) >= 11 is 0. The van der Waals surface area contributed by atoms with Gasteiger partial charge in [0.05, 0.1) is 13.0 Å². The Morgan fingerprint density at radius 2 is 2.14 bits per heavy atom. The molecular weight excluding hydrogens is 276 g/mol. The van der Waals surface area contributed by atoms with E-state index in [0.29, 0.717) is 13.0 Å². The maximum Gasteiger partial charge on any atom is 0.226 e. The fourth-order valence-corrected chi connectivity index (χ4v) is 2.86. The van der Waals surface area contributed by atoms with Crippen molar-refractivity contribution in [1.82, 2.24) is 4.90 Å². The van der Waals surface area contributed by atoms with Crippen molar-refractivity contribution < 1.29 is 9.53 Å². The molecular formula is C18H28N2O2. The topological polar surface area (TPSA) is 55.6 Å². The highest BCUT2D eigenvalue weighted by Crippen LogP contribution is 2.28. The summed E-state index contributed by atoms with van der Waals surface area (Å²) < 4.78 is 5.78. The highest BCUT2D eigenvalue weighted by atomic mass is 16.5. The van der Waals surface area contributed by atoms with Gasteiger partial charge in [0.1, 0.15) is 5.75 Å². The molecule has 1 aromatic carbocycles. The Balaban J connectivity index is 1.84. The number of benzene rings is 1. The molecule has 22 heavy (non-hydrogen) atoms. The van der Waals surface area contributed by atoms with E-state index in [9.17, 15) is 4.79 Å². The van der Waals surface area contributed by atoms with Crippen molar-refractivity contribution in [2.75, 3.05) is 19.7 Å². The Hall–Kier alpha value is -1.55. The number of nitrogens with zero attached hydrogens (tertiary/aromatic N) is 1. The van der Waals surface area contributed by atoms with E-state index in [1.54, 1.807) is 0 Å². The summed E-state index contributed by atoms with van der Waals surface area (Å²) in [5, 5.41) is 0. The van der Waals surface area contributed by atoms with Crippen molar-refractivity contribution in [3.63, 3.8) is 0 Å². The van der Waals surface area contributed by atoms with Gasteiger partial charge in [0.25, 0.3) is 0 Å². The Labute approximate surface area is 133 Å². The molecule has 0 bridgehead atoms. The second-order valence-electron chi connectivity index (χ2n) is 7.07. The van der Waals surface area contributed by atoms with E-state index in [0.717, 1.165) is 30.8 Å². The molecule has 0 spiro atoms. The van der Waals surface area contributed by atoms with Gasteiger partial charge < -0.3 is 15.4 Å². The summed E-state index contributed by atoms with van der Waals surface area (Å²) in [5.41, 5.74) is 8.37. The molecule has 1 saturated heterocycles. The highest BCUT2D eigenvalue weighted by Gasteiger charge is 2.35. The molecule has 0 aromatic heterocycles. The first-order chi connectivity index (χ1) is 10.3. The lowest BCUT2D eigenvalue weighted by Gasteiger charge is -2.42. The minimum absolute atomic E-state index is 0.0120. The second kappa shape index (κ2) is 6.69. The van der Waals surface area contributed by atoms with Crippen molar-refractivity contribution in [3.05, 3.63) is 29.3 Å². The molecule has 1 aliphatic rings. The van der Waals surface area contributed by atoms with Crippen molar-refractivity contribution in [1.29, 1.82) is 0 Å². The van der Waals surface area contributed by atoms with Crippen LogP contribution in [0.3, 0.4) is 0 Å². The van der Waals surface area contributed by atoms with E-state index in [1.165, 1.54) is 5.56 Å². The number of hydrogen-bond acceptors (Lipinski definition) is 3. The summed E-state index contributed by atoms with van der Waals surface area (Å²) in [4.78, 5) is 14.3. The van der Waals surface area contributed by atoms with E-state index >= 15 is 0 Å². The zero-order chi connectivity index (χ0) is 16.3. The molecule has 4 nitrogen and oxygen atoms in total. The van der Waals surface area contributed by atoms with E-state index < -0.39 is 0 Å². The lowest BCUT2D eigenvalue weighted by molar-refractivity contribution is -0.135. The molecule has 0 radical (unpaired) electrons. The first kappa shape index (κ1) is 16.8. The van der Waals surface area contributed by atoms with Crippen LogP contribution in [0.15, 0.2) is 18.2 Å². The first-order valence-corrected chi connectivity index (χ1v) is 8.03. The van der Waals surface area contributed by atoms with E-state index in [4.69, 9.17) is 10.5 Å². The molecule has 1 amide bonds. The Bertz CT molecular complexity index is 540. The third-order valence-corrected chi connectivity index (χ3v) is 4.58. The number of carbonyl (C=O) groups excluding carboxylic acids is 1. The molecule has 0 saturated carbocycles. The van der Waals surface area contributed by atoms with Gasteiger partial charge in [-0.3, -0.25) is 4.79 Å². The number of piperidine rings is 1. The average Bonchev–Trinajstić information content (AvgIpc) is 2.45. The predicted molar refractivity (Wildman–Crippen MR) is 89.0 cm³/mol. The van der Waals surface area contributed by atoms with Crippen molar-refractivity contribution in [3.8, 4) is 5.75 Å². The summed E-state index contributed by atoms with van der Waals surface area (Å²) in [6, 6.07) is 6.29. The van der Waals surface area contributed by atoms with Crippen LogP contribution in [0, 0.1) is 19.3 Å². The molecule has 1 aromatic rings. The molecule has 1 unspecified atom stereocenters. The third-order valence-electron chi connectivity index (χ3n) is 4.58. The van der Waals surface area contributed by atoms with Crippen LogP contribution < -0.4 is 10.5 Å². The lowest BCUT2D eigenvalue weighted by atomic mass is 9.79. The van der Waals surface area contributed by atoms with Gasteiger partial charge >= 0.3 is 0 Å². The van der Waals surface area contributed by atoms with Crippen LogP contribution >= 0.6 is 0 Å². The Morgan fingerprint density at radius 1 is 1.41 bits per heavy atom. The molecule has 122 valence electrons. The fourth-order valence-electron chi connectivity index (χ4n) is 2.86. The summed E-state index contributed by atoms with van der Waals surface area (Å²) in [5.74, 6) is 1.03. The van der Waals surface area contributed by atoms with Crippen LogP contribution in [0.4, 0.5) is 0 Å². The number of likely N-dealkylation sites (tertiary alicyclic amines) is 1. The maximum atomic E-state index is 12.3. The quantitative estimate of drug-likeness (QED) is 0.930. The van der Waals surface area contributed by atoms with Gasteiger partial charge in [0.15, 0.2) is 0 Å². The van der Waals surface area contributed by atoms with Gasteiger partial charge in [-0.05, 0) is 42.9 Å². The van der Waals surface area contributed by atoms with Crippen LogP contribution in [0.1, 0.15) is 37.8 Å². The van der Waals surface area contributed by atoms with Crippen molar-refractivity contribution in [2.45, 2.75) is 46.6 Å². The monoisotopic (exact) mass is 304 g/mol. The average molecular weight is 304 g/mol. The number of nitrogens with two attached hydrogens (primary N) is 1. The molecule has 2 N–H and O–H groups in total. The standard InChI is InChI=1S/C18H28N2O2/c1-13-5-6-14(2)15(11-13)22-10-8-17(21)20-9-7-16(19)18(3,4)12-20/h5-6,11,16H,7-10,12,19H2,1-4H3. The molecule has 2 rings (SSSR count). The van der Waals surface area contributed by atoms with Crippen LogP contribution in [0.25, 0.3) is 0 Å². The summed E-state index contributed by atoms with van der Waals surface area (Å²) in [7, 11) is 0. The largest absolute Gasteiger partial charge is 0.493 e. The van der Waals surface area contributed by atoms with Gasteiger partial charge in [-0.1, -0.05) is 26.0 Å². The van der Waals surface area contributed by atoms with Crippen molar-refractivity contribution >= 4 is 5.91 Å². The van der Waals surface area contributed by atoms with Gasteiger partial charge in [0, 0.05) is 19.1 Å². The van der Waals surface area contributed by atoms with Crippen LogP contribution in [0.2, 0.25) is 0 Å². The Morgan fingerprint density at radius 3 is 2.82 bits per heavy atom. The van der Waals surface area contributed by atoms with Gasteiger partial charge in [-0.25, -0.2) is 0 Å². The summed E-state index contributed by atoms with van der Waals surface area (Å²) in [6.07, 6.45) is 1.29.